The fraction of sp³-hybridized carbons (Fsp3) is 0.462. The van der Waals surface area contributed by atoms with E-state index in [0.717, 1.165) is 31.7 Å². The molecule has 0 aromatic heterocycles. The number of carbonyl (C=O) groups is 1. The van der Waals surface area contributed by atoms with Crippen molar-refractivity contribution < 1.29 is 14.3 Å². The molecule has 0 aliphatic heterocycles. The van der Waals surface area contributed by atoms with Crippen molar-refractivity contribution in [1.29, 1.82) is 0 Å². The Hall–Kier alpha value is -1.62. The maximum Gasteiger partial charge on any atom is 0.258 e. The molecule has 1 saturated carbocycles. The van der Waals surface area contributed by atoms with Crippen molar-refractivity contribution in [3.63, 3.8) is 0 Å². The van der Waals surface area contributed by atoms with E-state index in [0.29, 0.717) is 0 Å². The third kappa shape index (κ3) is 2.61. The van der Waals surface area contributed by atoms with Gasteiger partial charge in [-0.05, 0) is 25.0 Å². The van der Waals surface area contributed by atoms with Crippen LogP contribution in [-0.4, -0.2) is 23.1 Å². The van der Waals surface area contributed by atoms with Crippen molar-refractivity contribution >= 4 is 5.91 Å². The highest BCUT2D eigenvalue weighted by Gasteiger charge is 2.25. The van der Waals surface area contributed by atoms with Gasteiger partial charge in [-0.2, -0.15) is 0 Å². The number of nitrogens with two attached hydrogens (primary N) is 1. The lowest BCUT2D eigenvalue weighted by Gasteiger charge is -2.29. The Kier molecular flexibility index (Phi) is 3.81. The maximum atomic E-state index is 13.5. The van der Waals surface area contributed by atoms with Crippen molar-refractivity contribution in [1.82, 2.24) is 5.32 Å². The number of amides is 1. The molecular weight excluding hydrogens is 235 g/mol. The van der Waals surface area contributed by atoms with Crippen LogP contribution in [0.25, 0.3) is 0 Å². The molecule has 0 bridgehead atoms. The second-order valence-corrected chi connectivity index (χ2v) is 4.66. The van der Waals surface area contributed by atoms with E-state index in [-0.39, 0.29) is 23.4 Å². The Balaban J connectivity index is 2.12. The molecule has 0 unspecified atom stereocenters. The highest BCUT2D eigenvalue weighted by molar-refractivity contribution is 5.97. The number of hydrogen-bond donors (Lipinski definition) is 3. The first-order valence-electron chi connectivity index (χ1n) is 6.13. The summed E-state index contributed by atoms with van der Waals surface area (Å²) in [5.74, 6) is -1.68. The zero-order valence-electron chi connectivity index (χ0n) is 10.0. The van der Waals surface area contributed by atoms with Crippen LogP contribution in [0.1, 0.15) is 36.0 Å². The summed E-state index contributed by atoms with van der Waals surface area (Å²) in [4.78, 5) is 11.9. The topological polar surface area (TPSA) is 75.3 Å². The predicted octanol–water partition coefficient (Wildman–Crippen LogP) is 1.53. The average molecular weight is 252 g/mol. The standard InChI is InChI=1S/C13H17FN2O2/c14-8-4-3-7-11(17)12(8)13(18)16-10-6-2-1-5-9(10)15/h3-4,7,9-10,17H,1-2,5-6,15H2,(H,16,18)/t9-,10-/m1/s1. The van der Waals surface area contributed by atoms with E-state index in [4.69, 9.17) is 5.73 Å². The summed E-state index contributed by atoms with van der Waals surface area (Å²) in [7, 11) is 0. The molecule has 1 aliphatic rings. The van der Waals surface area contributed by atoms with Crippen molar-refractivity contribution in [3.05, 3.63) is 29.6 Å². The van der Waals surface area contributed by atoms with E-state index in [2.05, 4.69) is 5.32 Å². The SMILES string of the molecule is N[C@@H]1CCCC[C@H]1NC(=O)c1c(O)cccc1F. The molecule has 1 fully saturated rings. The third-order valence-corrected chi connectivity index (χ3v) is 3.35. The Morgan fingerprint density at radius 1 is 1.39 bits per heavy atom. The smallest absolute Gasteiger partial charge is 0.258 e. The van der Waals surface area contributed by atoms with Gasteiger partial charge in [0.2, 0.25) is 0 Å². The van der Waals surface area contributed by atoms with E-state index in [1.54, 1.807) is 0 Å². The molecular formula is C13H17FN2O2. The van der Waals surface area contributed by atoms with E-state index < -0.39 is 11.7 Å². The summed E-state index contributed by atoms with van der Waals surface area (Å²) in [6, 6.07) is 3.55. The number of benzene rings is 1. The van der Waals surface area contributed by atoms with Crippen LogP contribution >= 0.6 is 0 Å². The van der Waals surface area contributed by atoms with Gasteiger partial charge in [-0.25, -0.2) is 4.39 Å². The summed E-state index contributed by atoms with van der Waals surface area (Å²) in [5, 5.41) is 12.2. The van der Waals surface area contributed by atoms with E-state index in [1.165, 1.54) is 12.1 Å². The molecule has 2 rings (SSSR count). The maximum absolute atomic E-state index is 13.5. The molecule has 4 N–H and O–H groups in total. The summed E-state index contributed by atoms with van der Waals surface area (Å²) < 4.78 is 13.5. The lowest BCUT2D eigenvalue weighted by molar-refractivity contribution is 0.0914. The van der Waals surface area contributed by atoms with E-state index in [1.807, 2.05) is 0 Å². The molecule has 0 radical (unpaired) electrons. The van der Waals surface area contributed by atoms with Crippen LogP contribution in [0.2, 0.25) is 0 Å². The van der Waals surface area contributed by atoms with Gasteiger partial charge in [-0.1, -0.05) is 18.9 Å². The van der Waals surface area contributed by atoms with Crippen LogP contribution in [0.15, 0.2) is 18.2 Å². The van der Waals surface area contributed by atoms with Crippen LogP contribution in [-0.2, 0) is 0 Å². The van der Waals surface area contributed by atoms with Crippen LogP contribution in [0.5, 0.6) is 5.75 Å². The molecule has 2 atom stereocenters. The molecule has 0 spiro atoms. The molecule has 1 aromatic rings. The minimum atomic E-state index is -0.725. The van der Waals surface area contributed by atoms with Crippen LogP contribution in [0.4, 0.5) is 4.39 Å². The summed E-state index contributed by atoms with van der Waals surface area (Å²) in [6.07, 6.45) is 3.71. The molecule has 1 amide bonds. The lowest BCUT2D eigenvalue weighted by Crippen LogP contribution is -2.49. The molecule has 5 heteroatoms. The summed E-state index contributed by atoms with van der Waals surface area (Å²) in [6.45, 7) is 0. The average Bonchev–Trinajstić information content (AvgIpc) is 2.32. The van der Waals surface area contributed by atoms with Crippen LogP contribution in [0, 0.1) is 5.82 Å². The van der Waals surface area contributed by atoms with Crippen LogP contribution < -0.4 is 11.1 Å². The second kappa shape index (κ2) is 5.35. The van der Waals surface area contributed by atoms with Crippen molar-refractivity contribution in [3.8, 4) is 5.75 Å². The third-order valence-electron chi connectivity index (χ3n) is 3.35. The highest BCUT2D eigenvalue weighted by atomic mass is 19.1. The fourth-order valence-corrected chi connectivity index (χ4v) is 2.32. The number of phenols is 1. The number of hydrogen-bond acceptors (Lipinski definition) is 3. The summed E-state index contributed by atoms with van der Waals surface area (Å²) in [5.41, 5.74) is 5.60. The normalized spacial score (nSPS) is 23.7. The number of rotatable bonds is 2. The minimum absolute atomic E-state index is 0.100. The monoisotopic (exact) mass is 252 g/mol. The Morgan fingerprint density at radius 3 is 2.78 bits per heavy atom. The zero-order chi connectivity index (χ0) is 13.1. The van der Waals surface area contributed by atoms with Gasteiger partial charge in [0.1, 0.15) is 17.1 Å². The fourth-order valence-electron chi connectivity index (χ4n) is 2.32. The number of halogens is 1. The molecule has 0 saturated heterocycles. The van der Waals surface area contributed by atoms with Gasteiger partial charge in [-0.15, -0.1) is 0 Å². The molecule has 1 aliphatic carbocycles. The van der Waals surface area contributed by atoms with Gasteiger partial charge in [0.25, 0.3) is 5.91 Å². The van der Waals surface area contributed by atoms with Gasteiger partial charge in [-0.3, -0.25) is 4.79 Å². The Bertz CT molecular complexity index is 430. The minimum Gasteiger partial charge on any atom is -0.507 e. The number of aromatic hydroxyl groups is 1. The van der Waals surface area contributed by atoms with Crippen molar-refractivity contribution in [2.45, 2.75) is 37.8 Å². The quantitative estimate of drug-likeness (QED) is 0.747. The summed E-state index contributed by atoms with van der Waals surface area (Å²) >= 11 is 0. The molecule has 98 valence electrons. The molecule has 18 heavy (non-hydrogen) atoms. The number of nitrogens with one attached hydrogen (secondary N) is 1. The molecule has 0 heterocycles. The van der Waals surface area contributed by atoms with Crippen molar-refractivity contribution in [2.24, 2.45) is 5.73 Å². The lowest BCUT2D eigenvalue weighted by atomic mass is 9.91. The van der Waals surface area contributed by atoms with Gasteiger partial charge >= 0.3 is 0 Å². The number of carbonyl (C=O) groups excluding carboxylic acids is 1. The van der Waals surface area contributed by atoms with Gasteiger partial charge < -0.3 is 16.2 Å². The zero-order valence-corrected chi connectivity index (χ0v) is 10.0. The van der Waals surface area contributed by atoms with E-state index in [9.17, 15) is 14.3 Å². The van der Waals surface area contributed by atoms with Gasteiger partial charge in [0, 0.05) is 12.1 Å². The predicted molar refractivity (Wildman–Crippen MR) is 65.8 cm³/mol. The Morgan fingerprint density at radius 2 is 2.11 bits per heavy atom. The largest absolute Gasteiger partial charge is 0.507 e. The molecule has 1 aromatic carbocycles. The van der Waals surface area contributed by atoms with Gasteiger partial charge in [0.15, 0.2) is 0 Å². The second-order valence-electron chi connectivity index (χ2n) is 4.66. The Labute approximate surface area is 105 Å². The van der Waals surface area contributed by atoms with Crippen LogP contribution in [0.3, 0.4) is 0 Å². The van der Waals surface area contributed by atoms with Crippen molar-refractivity contribution in [2.75, 3.05) is 0 Å². The van der Waals surface area contributed by atoms with Gasteiger partial charge in [0.05, 0.1) is 0 Å². The first-order chi connectivity index (χ1) is 8.59. The highest BCUT2D eigenvalue weighted by Crippen LogP contribution is 2.22. The first kappa shape index (κ1) is 12.8. The van der Waals surface area contributed by atoms with E-state index >= 15 is 0 Å². The first-order valence-corrected chi connectivity index (χ1v) is 6.13. The number of phenolic OH excluding ortho intramolecular Hbond substituents is 1. The molecule has 4 nitrogen and oxygen atoms in total.